The van der Waals surface area contributed by atoms with Crippen LogP contribution < -0.4 is 5.32 Å². The maximum absolute atomic E-state index is 11.1. The minimum atomic E-state index is -0.468. The highest BCUT2D eigenvalue weighted by Crippen LogP contribution is 2.29. The van der Waals surface area contributed by atoms with Crippen molar-refractivity contribution in [3.8, 4) is 11.3 Å². The van der Waals surface area contributed by atoms with E-state index >= 15 is 0 Å². The summed E-state index contributed by atoms with van der Waals surface area (Å²) in [6.45, 7) is 3.96. The Hall–Kier alpha value is -2.50. The molecule has 0 radical (unpaired) electrons. The molecule has 1 aromatic heterocycles. The summed E-state index contributed by atoms with van der Waals surface area (Å²) in [7, 11) is 1.67. The SMILES string of the molecule is CNc1ncc([N+](=O)[O-])c(-c2ccc(C)c(C)c2)n1. The average Bonchev–Trinajstić information content (AvgIpc) is 2.41. The van der Waals surface area contributed by atoms with Crippen LogP contribution in [0.4, 0.5) is 11.6 Å². The molecule has 0 aliphatic carbocycles. The topological polar surface area (TPSA) is 81.0 Å². The van der Waals surface area contributed by atoms with E-state index in [1.54, 1.807) is 7.05 Å². The number of hydrogen-bond donors (Lipinski definition) is 1. The van der Waals surface area contributed by atoms with Crippen LogP contribution in [0.1, 0.15) is 11.1 Å². The van der Waals surface area contributed by atoms with Crippen molar-refractivity contribution < 1.29 is 4.92 Å². The van der Waals surface area contributed by atoms with E-state index in [9.17, 15) is 10.1 Å². The van der Waals surface area contributed by atoms with Crippen LogP contribution in [0.25, 0.3) is 11.3 Å². The summed E-state index contributed by atoms with van der Waals surface area (Å²) in [5, 5.41) is 13.8. The minimum Gasteiger partial charge on any atom is -0.357 e. The number of anilines is 1. The quantitative estimate of drug-likeness (QED) is 0.676. The van der Waals surface area contributed by atoms with Crippen LogP contribution in [0.5, 0.6) is 0 Å². The molecule has 2 aromatic rings. The van der Waals surface area contributed by atoms with E-state index in [0.29, 0.717) is 17.2 Å². The molecule has 0 saturated carbocycles. The summed E-state index contributed by atoms with van der Waals surface area (Å²) in [4.78, 5) is 18.7. The van der Waals surface area contributed by atoms with Gasteiger partial charge in [0.25, 0.3) is 0 Å². The fourth-order valence-electron chi connectivity index (χ4n) is 1.73. The van der Waals surface area contributed by atoms with Gasteiger partial charge in [-0.25, -0.2) is 9.97 Å². The number of rotatable bonds is 3. The monoisotopic (exact) mass is 258 g/mol. The number of nitrogens with zero attached hydrogens (tertiary/aromatic N) is 3. The highest BCUT2D eigenvalue weighted by atomic mass is 16.6. The largest absolute Gasteiger partial charge is 0.357 e. The predicted octanol–water partition coefficient (Wildman–Crippen LogP) is 2.71. The lowest BCUT2D eigenvalue weighted by Crippen LogP contribution is -2.01. The van der Waals surface area contributed by atoms with Crippen LogP contribution in [0.3, 0.4) is 0 Å². The second-order valence-electron chi connectivity index (χ2n) is 4.23. The smallest absolute Gasteiger partial charge is 0.313 e. The molecule has 0 spiro atoms. The van der Waals surface area contributed by atoms with Crippen molar-refractivity contribution in [2.75, 3.05) is 12.4 Å². The van der Waals surface area contributed by atoms with Crippen LogP contribution in [-0.2, 0) is 0 Å². The van der Waals surface area contributed by atoms with E-state index in [4.69, 9.17) is 0 Å². The second kappa shape index (κ2) is 5.01. The first-order valence-electron chi connectivity index (χ1n) is 5.79. The molecule has 0 fully saturated rings. The van der Waals surface area contributed by atoms with E-state index in [1.807, 2.05) is 32.0 Å². The summed E-state index contributed by atoms with van der Waals surface area (Å²) in [5.41, 5.74) is 3.15. The Morgan fingerprint density at radius 3 is 2.58 bits per heavy atom. The van der Waals surface area contributed by atoms with Gasteiger partial charge in [0.05, 0.1) is 4.92 Å². The molecule has 0 bridgehead atoms. The third kappa shape index (κ3) is 2.52. The van der Waals surface area contributed by atoms with Gasteiger partial charge in [-0.3, -0.25) is 10.1 Å². The van der Waals surface area contributed by atoms with Crippen LogP contribution in [0.15, 0.2) is 24.4 Å². The number of aromatic nitrogens is 2. The Balaban J connectivity index is 2.64. The van der Waals surface area contributed by atoms with Crippen molar-refractivity contribution in [1.82, 2.24) is 9.97 Å². The van der Waals surface area contributed by atoms with Crippen molar-refractivity contribution in [3.63, 3.8) is 0 Å². The van der Waals surface area contributed by atoms with Crippen LogP contribution in [0.2, 0.25) is 0 Å². The molecule has 2 rings (SSSR count). The van der Waals surface area contributed by atoms with Crippen molar-refractivity contribution in [2.24, 2.45) is 0 Å². The van der Waals surface area contributed by atoms with Gasteiger partial charge < -0.3 is 5.32 Å². The fraction of sp³-hybridized carbons (Fsp3) is 0.231. The van der Waals surface area contributed by atoms with Crippen LogP contribution >= 0.6 is 0 Å². The summed E-state index contributed by atoms with van der Waals surface area (Å²) >= 11 is 0. The molecule has 6 nitrogen and oxygen atoms in total. The molecular weight excluding hydrogens is 244 g/mol. The number of aryl methyl sites for hydroxylation is 2. The molecule has 1 N–H and O–H groups in total. The number of benzene rings is 1. The Morgan fingerprint density at radius 2 is 2.00 bits per heavy atom. The molecule has 98 valence electrons. The fourth-order valence-corrected chi connectivity index (χ4v) is 1.73. The summed E-state index contributed by atoms with van der Waals surface area (Å²) in [6.07, 6.45) is 1.23. The molecule has 0 unspecified atom stereocenters. The van der Waals surface area contributed by atoms with Gasteiger partial charge in [-0.1, -0.05) is 12.1 Å². The van der Waals surface area contributed by atoms with Gasteiger partial charge in [0.1, 0.15) is 6.20 Å². The first kappa shape index (κ1) is 12.9. The van der Waals surface area contributed by atoms with Gasteiger partial charge in [-0.2, -0.15) is 0 Å². The third-order valence-electron chi connectivity index (χ3n) is 2.97. The van der Waals surface area contributed by atoms with Gasteiger partial charge >= 0.3 is 5.69 Å². The molecule has 0 saturated heterocycles. The summed E-state index contributed by atoms with van der Waals surface area (Å²) < 4.78 is 0. The zero-order valence-electron chi connectivity index (χ0n) is 11.0. The third-order valence-corrected chi connectivity index (χ3v) is 2.97. The first-order chi connectivity index (χ1) is 9.02. The number of nitrogens with one attached hydrogen (secondary N) is 1. The Bertz CT molecular complexity index is 641. The standard InChI is InChI=1S/C13H14N4O2/c1-8-4-5-10(6-9(8)2)12-11(17(18)19)7-15-13(14-3)16-12/h4-7H,1-3H3,(H,14,15,16). The molecule has 0 amide bonds. The maximum atomic E-state index is 11.1. The lowest BCUT2D eigenvalue weighted by molar-refractivity contribution is -0.384. The van der Waals surface area contributed by atoms with Gasteiger partial charge in [0.2, 0.25) is 5.95 Å². The zero-order valence-corrected chi connectivity index (χ0v) is 11.0. The zero-order chi connectivity index (χ0) is 14.0. The van der Waals surface area contributed by atoms with Crippen molar-refractivity contribution >= 4 is 11.6 Å². The van der Waals surface area contributed by atoms with Crippen LogP contribution in [-0.4, -0.2) is 21.9 Å². The Labute approximate surface area is 110 Å². The lowest BCUT2D eigenvalue weighted by Gasteiger charge is -2.07. The summed E-state index contributed by atoms with van der Waals surface area (Å²) in [6, 6.07) is 5.65. The van der Waals surface area contributed by atoms with Gasteiger partial charge in [0, 0.05) is 12.6 Å². The van der Waals surface area contributed by atoms with E-state index in [-0.39, 0.29) is 5.69 Å². The molecule has 6 heteroatoms. The highest BCUT2D eigenvalue weighted by Gasteiger charge is 2.18. The molecule has 0 aliphatic heterocycles. The molecule has 0 atom stereocenters. The summed E-state index contributed by atoms with van der Waals surface area (Å²) in [5.74, 6) is 0.360. The number of nitro groups is 1. The van der Waals surface area contributed by atoms with Gasteiger partial charge in [-0.15, -0.1) is 0 Å². The van der Waals surface area contributed by atoms with E-state index in [0.717, 1.165) is 11.1 Å². The van der Waals surface area contributed by atoms with Crippen molar-refractivity contribution in [1.29, 1.82) is 0 Å². The molecule has 1 aromatic carbocycles. The van der Waals surface area contributed by atoms with Gasteiger partial charge in [0.15, 0.2) is 5.69 Å². The molecule has 19 heavy (non-hydrogen) atoms. The molecule has 1 heterocycles. The number of hydrogen-bond acceptors (Lipinski definition) is 5. The minimum absolute atomic E-state index is 0.0951. The molecule has 0 aliphatic rings. The second-order valence-corrected chi connectivity index (χ2v) is 4.23. The van der Waals surface area contributed by atoms with Gasteiger partial charge in [-0.05, 0) is 31.0 Å². The molecular formula is C13H14N4O2. The normalized spacial score (nSPS) is 10.3. The van der Waals surface area contributed by atoms with E-state index < -0.39 is 4.92 Å². The average molecular weight is 258 g/mol. The predicted molar refractivity (Wildman–Crippen MR) is 73.1 cm³/mol. The highest BCUT2D eigenvalue weighted by molar-refractivity contribution is 5.70. The lowest BCUT2D eigenvalue weighted by atomic mass is 10.0. The van der Waals surface area contributed by atoms with E-state index in [1.165, 1.54) is 6.20 Å². The Morgan fingerprint density at radius 1 is 1.26 bits per heavy atom. The maximum Gasteiger partial charge on any atom is 0.313 e. The van der Waals surface area contributed by atoms with Crippen molar-refractivity contribution in [3.05, 3.63) is 45.6 Å². The first-order valence-corrected chi connectivity index (χ1v) is 5.79. The van der Waals surface area contributed by atoms with Crippen LogP contribution in [0, 0.1) is 24.0 Å². The van der Waals surface area contributed by atoms with Crippen molar-refractivity contribution in [2.45, 2.75) is 13.8 Å². The van der Waals surface area contributed by atoms with E-state index in [2.05, 4.69) is 15.3 Å². The Kier molecular flexibility index (Phi) is 3.41.